The number of rotatable bonds is 6. The summed E-state index contributed by atoms with van der Waals surface area (Å²) in [7, 11) is 0. The number of anilines is 9. The monoisotopic (exact) mass is 1200 g/mol. The van der Waals surface area contributed by atoms with Crippen LogP contribution in [0, 0.1) is 13.8 Å². The molecule has 6 nitrogen and oxygen atoms in total. The zero-order valence-corrected chi connectivity index (χ0v) is 52.4. The lowest BCUT2D eigenvalue weighted by Gasteiger charge is -2.47. The standard InChI is InChI=1S/C87H61N3O3/c1-50-24-7-16-34-68(50)88(52-42-44-62-58(46-52)54-26-9-13-30-60(54)85(62,3)4)72-48-66-80(83-78(72)56-28-11-20-38-74(56)92-83)81-67(87(66)64-32-15-18-36-70(64)90-71-37-19-22-40-76(71)91-77-41-23-33-65(87)82(77)90)49-73(79-57-29-12-21-39-75(57)93-84(79)81)89(69-35-17-8-25-51(69)2)53-43-45-63-59(47-53)55-27-10-14-31-61(55)86(63,5)6/h7-49H,1-6H3. The molecule has 6 heteroatoms. The van der Waals surface area contributed by atoms with Crippen molar-refractivity contribution in [2.45, 2.75) is 57.8 Å². The third-order valence-electron chi connectivity index (χ3n) is 21.7. The number of hydrogen-bond donors (Lipinski definition) is 0. The summed E-state index contributed by atoms with van der Waals surface area (Å²) in [5.74, 6) is 1.59. The first-order valence-corrected chi connectivity index (χ1v) is 32.5. The number of hydrogen-bond acceptors (Lipinski definition) is 6. The predicted molar refractivity (Wildman–Crippen MR) is 381 cm³/mol. The number of ether oxygens (including phenoxy) is 1. The minimum absolute atomic E-state index is 0.183. The summed E-state index contributed by atoms with van der Waals surface area (Å²) in [6.45, 7) is 13.9. The summed E-state index contributed by atoms with van der Waals surface area (Å²) in [6, 6.07) is 96.6. The van der Waals surface area contributed by atoms with Gasteiger partial charge < -0.3 is 28.3 Å². The van der Waals surface area contributed by atoms with Gasteiger partial charge in [-0.2, -0.15) is 0 Å². The Kier molecular flexibility index (Phi) is 10.4. The Balaban J connectivity index is 0.974. The van der Waals surface area contributed by atoms with Gasteiger partial charge in [0, 0.05) is 55.5 Å². The molecule has 20 rings (SSSR count). The summed E-state index contributed by atoms with van der Waals surface area (Å²) < 4.78 is 22.7. The van der Waals surface area contributed by atoms with Gasteiger partial charge in [0.1, 0.15) is 22.3 Å². The Morgan fingerprint density at radius 3 is 1.31 bits per heavy atom. The SMILES string of the molecule is Cc1ccccc1N(c1ccc2c(c1)-c1ccccc1C2(C)C)c1cc2c(c3oc4ccccc4c13)-c1c(cc(N(c3ccc4c(c3)-c3ccccc3C4(C)C)c3ccccc3C)c3c1oc1ccccc13)C21c2ccccc2N2c3ccccc3Oc3cccc1c32. The van der Waals surface area contributed by atoms with Crippen LogP contribution in [0.2, 0.25) is 0 Å². The fourth-order valence-corrected chi connectivity index (χ4v) is 17.5. The van der Waals surface area contributed by atoms with E-state index < -0.39 is 5.41 Å². The van der Waals surface area contributed by atoms with Crippen molar-refractivity contribution >= 4 is 95.1 Å². The number of fused-ring (bicyclic) bond motifs is 25. The highest BCUT2D eigenvalue weighted by molar-refractivity contribution is 6.26. The van der Waals surface area contributed by atoms with Crippen LogP contribution in [0.4, 0.5) is 51.2 Å². The largest absolute Gasteiger partial charge is 0.455 e. The van der Waals surface area contributed by atoms with Crippen molar-refractivity contribution in [2.24, 2.45) is 0 Å². The maximum absolute atomic E-state index is 7.76. The van der Waals surface area contributed by atoms with E-state index >= 15 is 0 Å². The van der Waals surface area contributed by atoms with Gasteiger partial charge in [-0.05, 0) is 177 Å². The normalized spacial score (nSPS) is 14.9. The smallest absolute Gasteiger partial charge is 0.151 e. The number of furan rings is 2. The molecule has 2 aliphatic heterocycles. The summed E-state index contributed by atoms with van der Waals surface area (Å²) in [4.78, 5) is 7.51. The predicted octanol–water partition coefficient (Wildman–Crippen LogP) is 23.9. The van der Waals surface area contributed by atoms with Crippen LogP contribution < -0.4 is 19.4 Å². The average Bonchev–Trinajstić information content (AvgIpc) is 1.53. The van der Waals surface area contributed by atoms with Gasteiger partial charge in [-0.1, -0.05) is 204 Å². The molecule has 3 aliphatic carbocycles. The Morgan fingerprint density at radius 1 is 0.333 bits per heavy atom. The lowest BCUT2D eigenvalue weighted by Crippen LogP contribution is -2.37. The molecular formula is C87H61N3O3. The van der Waals surface area contributed by atoms with E-state index in [1.165, 1.54) is 44.5 Å². The highest BCUT2D eigenvalue weighted by Crippen LogP contribution is 2.71. The van der Waals surface area contributed by atoms with Crippen LogP contribution in [0.15, 0.2) is 270 Å². The molecule has 4 heterocycles. The Labute approximate surface area is 539 Å². The minimum Gasteiger partial charge on any atom is -0.455 e. The molecule has 442 valence electrons. The van der Waals surface area contributed by atoms with Crippen LogP contribution in [0.3, 0.4) is 0 Å². The van der Waals surface area contributed by atoms with Crippen molar-refractivity contribution < 1.29 is 13.6 Å². The second-order valence-corrected chi connectivity index (χ2v) is 27.1. The first kappa shape index (κ1) is 52.4. The molecule has 0 saturated heterocycles. The zero-order valence-electron chi connectivity index (χ0n) is 52.4. The Bertz CT molecular complexity index is 5540. The highest BCUT2D eigenvalue weighted by atomic mass is 16.5. The molecule has 0 N–H and O–H groups in total. The van der Waals surface area contributed by atoms with Gasteiger partial charge in [0.05, 0.1) is 44.6 Å². The third kappa shape index (κ3) is 6.71. The van der Waals surface area contributed by atoms with Gasteiger partial charge in [0.2, 0.25) is 0 Å². The topological polar surface area (TPSA) is 45.2 Å². The Morgan fingerprint density at radius 2 is 0.763 bits per heavy atom. The molecule has 0 radical (unpaired) electrons. The molecule has 1 spiro atoms. The van der Waals surface area contributed by atoms with Crippen molar-refractivity contribution in [3.05, 3.63) is 316 Å². The summed E-state index contributed by atoms with van der Waals surface area (Å²) in [6.07, 6.45) is 0. The van der Waals surface area contributed by atoms with Crippen molar-refractivity contribution in [3.8, 4) is 44.9 Å². The molecule has 93 heavy (non-hydrogen) atoms. The lowest BCUT2D eigenvalue weighted by atomic mass is 9.64. The maximum Gasteiger partial charge on any atom is 0.151 e. The molecule has 0 unspecified atom stereocenters. The minimum atomic E-state index is -1.06. The van der Waals surface area contributed by atoms with E-state index in [1.807, 2.05) is 0 Å². The van der Waals surface area contributed by atoms with Crippen molar-refractivity contribution in [1.29, 1.82) is 0 Å². The summed E-state index contributed by atoms with van der Waals surface area (Å²) >= 11 is 0. The van der Waals surface area contributed by atoms with Gasteiger partial charge >= 0.3 is 0 Å². The Hall–Kier alpha value is -11.3. The van der Waals surface area contributed by atoms with Crippen molar-refractivity contribution in [1.82, 2.24) is 0 Å². The second kappa shape index (κ2) is 18.4. The van der Waals surface area contributed by atoms with E-state index in [9.17, 15) is 0 Å². The molecule has 2 aromatic heterocycles. The summed E-state index contributed by atoms with van der Waals surface area (Å²) in [5.41, 5.74) is 30.2. The molecule has 5 aliphatic rings. The molecule has 13 aromatic carbocycles. The first-order chi connectivity index (χ1) is 45.5. The van der Waals surface area contributed by atoms with E-state index in [-0.39, 0.29) is 10.8 Å². The summed E-state index contributed by atoms with van der Waals surface area (Å²) in [5, 5.41) is 4.10. The van der Waals surface area contributed by atoms with Crippen LogP contribution in [0.1, 0.15) is 83.3 Å². The highest BCUT2D eigenvalue weighted by Gasteiger charge is 2.56. The van der Waals surface area contributed by atoms with Crippen LogP contribution in [0.25, 0.3) is 77.3 Å². The fraction of sp³-hybridized carbons (Fsp3) is 0.103. The van der Waals surface area contributed by atoms with E-state index in [0.717, 1.165) is 151 Å². The van der Waals surface area contributed by atoms with E-state index in [0.29, 0.717) is 0 Å². The van der Waals surface area contributed by atoms with Gasteiger partial charge in [0.25, 0.3) is 0 Å². The van der Waals surface area contributed by atoms with E-state index in [2.05, 4.69) is 317 Å². The van der Waals surface area contributed by atoms with Crippen LogP contribution in [-0.4, -0.2) is 0 Å². The van der Waals surface area contributed by atoms with Gasteiger partial charge in [0.15, 0.2) is 11.5 Å². The number of para-hydroxylation sites is 8. The molecular weight excluding hydrogens is 1130 g/mol. The molecule has 0 fully saturated rings. The van der Waals surface area contributed by atoms with Crippen LogP contribution in [0.5, 0.6) is 11.5 Å². The number of aryl methyl sites for hydroxylation is 2. The van der Waals surface area contributed by atoms with Gasteiger partial charge in [-0.3, -0.25) is 0 Å². The quantitative estimate of drug-likeness (QED) is 0.165. The van der Waals surface area contributed by atoms with E-state index in [4.69, 9.17) is 13.6 Å². The molecule has 0 atom stereocenters. The van der Waals surface area contributed by atoms with Gasteiger partial charge in [-0.25, -0.2) is 0 Å². The maximum atomic E-state index is 7.76. The van der Waals surface area contributed by atoms with E-state index in [1.54, 1.807) is 0 Å². The van der Waals surface area contributed by atoms with Gasteiger partial charge in [-0.15, -0.1) is 0 Å². The van der Waals surface area contributed by atoms with Crippen LogP contribution >= 0.6 is 0 Å². The molecule has 15 aromatic rings. The molecule has 0 amide bonds. The van der Waals surface area contributed by atoms with Crippen LogP contribution in [-0.2, 0) is 16.2 Å². The molecule has 0 saturated carbocycles. The third-order valence-corrected chi connectivity index (χ3v) is 21.7. The van der Waals surface area contributed by atoms with Crippen molar-refractivity contribution in [2.75, 3.05) is 14.7 Å². The fourth-order valence-electron chi connectivity index (χ4n) is 17.5. The lowest BCUT2D eigenvalue weighted by molar-refractivity contribution is 0.473. The second-order valence-electron chi connectivity index (χ2n) is 27.1. The average molecular weight is 1200 g/mol. The zero-order chi connectivity index (χ0) is 62.0. The number of nitrogens with zero attached hydrogens (tertiary/aromatic N) is 3. The molecule has 0 bridgehead atoms. The number of benzene rings is 13. The van der Waals surface area contributed by atoms with Crippen molar-refractivity contribution in [3.63, 3.8) is 0 Å². The first-order valence-electron chi connectivity index (χ1n) is 32.5.